The first-order valence-corrected chi connectivity index (χ1v) is 8.57. The number of hydrogen-bond acceptors (Lipinski definition) is 3. The smallest absolute Gasteiger partial charge is 0.223 e. The van der Waals surface area contributed by atoms with Crippen LogP contribution in [-0.4, -0.2) is 36.6 Å². The van der Waals surface area contributed by atoms with Crippen molar-refractivity contribution in [3.05, 3.63) is 71.3 Å². The molecule has 4 heteroatoms. The first kappa shape index (κ1) is 19.2. The van der Waals surface area contributed by atoms with E-state index in [0.29, 0.717) is 6.54 Å². The molecule has 1 amide bonds. The summed E-state index contributed by atoms with van der Waals surface area (Å²) in [4.78, 5) is 14.4. The van der Waals surface area contributed by atoms with E-state index in [9.17, 15) is 9.90 Å². The first-order chi connectivity index (χ1) is 11.8. The molecule has 0 radical (unpaired) electrons. The molecule has 0 spiro atoms. The molecule has 0 heterocycles. The lowest BCUT2D eigenvalue weighted by Crippen LogP contribution is -2.37. The molecule has 25 heavy (non-hydrogen) atoms. The van der Waals surface area contributed by atoms with E-state index in [1.54, 1.807) is 6.92 Å². The van der Waals surface area contributed by atoms with Gasteiger partial charge < -0.3 is 15.3 Å². The lowest BCUT2D eigenvalue weighted by atomic mass is 9.92. The third-order valence-corrected chi connectivity index (χ3v) is 4.48. The Kier molecular flexibility index (Phi) is 6.34. The van der Waals surface area contributed by atoms with Gasteiger partial charge in [-0.25, -0.2) is 0 Å². The maximum atomic E-state index is 12.4. The minimum atomic E-state index is -1.18. The molecule has 0 aliphatic heterocycles. The van der Waals surface area contributed by atoms with E-state index in [1.807, 2.05) is 44.4 Å². The highest BCUT2D eigenvalue weighted by molar-refractivity contribution is 5.77. The zero-order valence-electron chi connectivity index (χ0n) is 15.5. The topological polar surface area (TPSA) is 52.6 Å². The van der Waals surface area contributed by atoms with Crippen LogP contribution in [-0.2, 0) is 10.4 Å². The number of nitrogens with one attached hydrogen (secondary N) is 1. The Morgan fingerprint density at radius 1 is 1.12 bits per heavy atom. The molecule has 0 saturated heterocycles. The maximum absolute atomic E-state index is 12.4. The molecule has 0 aromatic heterocycles. The lowest BCUT2D eigenvalue weighted by molar-refractivity contribution is -0.126. The number of likely N-dealkylation sites (N-methyl/N-ethyl adjacent to an activating group) is 1. The van der Waals surface area contributed by atoms with Crippen LogP contribution in [0.5, 0.6) is 0 Å². The summed E-state index contributed by atoms with van der Waals surface area (Å²) in [6.45, 7) is 4.23. The average Bonchev–Trinajstić information content (AvgIpc) is 2.57. The minimum absolute atomic E-state index is 0.0328. The highest BCUT2D eigenvalue weighted by Gasteiger charge is 2.27. The summed E-state index contributed by atoms with van der Waals surface area (Å²) >= 11 is 0. The van der Waals surface area contributed by atoms with Crippen molar-refractivity contribution < 1.29 is 9.90 Å². The molecule has 0 bridgehead atoms. The van der Waals surface area contributed by atoms with Gasteiger partial charge in [0, 0.05) is 6.54 Å². The van der Waals surface area contributed by atoms with Crippen molar-refractivity contribution in [3.8, 4) is 0 Å². The van der Waals surface area contributed by atoms with Gasteiger partial charge in [-0.15, -0.1) is 0 Å². The molecule has 134 valence electrons. The van der Waals surface area contributed by atoms with Gasteiger partial charge in [-0.3, -0.25) is 4.79 Å². The fourth-order valence-electron chi connectivity index (χ4n) is 2.87. The number of amides is 1. The summed E-state index contributed by atoms with van der Waals surface area (Å²) in [5.74, 6) is -0.159. The van der Waals surface area contributed by atoms with Crippen molar-refractivity contribution in [2.45, 2.75) is 31.9 Å². The van der Waals surface area contributed by atoms with Gasteiger partial charge >= 0.3 is 0 Å². The van der Waals surface area contributed by atoms with Crippen LogP contribution in [0, 0.1) is 6.92 Å². The Labute approximate surface area is 150 Å². The molecule has 2 atom stereocenters. The van der Waals surface area contributed by atoms with Crippen LogP contribution in [0.15, 0.2) is 54.6 Å². The number of rotatable bonds is 7. The third-order valence-electron chi connectivity index (χ3n) is 4.48. The van der Waals surface area contributed by atoms with Crippen molar-refractivity contribution in [3.63, 3.8) is 0 Å². The second-order valence-corrected chi connectivity index (χ2v) is 7.01. The average molecular weight is 340 g/mol. The van der Waals surface area contributed by atoms with E-state index in [2.05, 4.69) is 41.4 Å². The summed E-state index contributed by atoms with van der Waals surface area (Å²) in [5, 5.41) is 13.6. The molecule has 4 nitrogen and oxygen atoms in total. The van der Waals surface area contributed by atoms with E-state index in [-0.39, 0.29) is 18.4 Å². The monoisotopic (exact) mass is 340 g/mol. The van der Waals surface area contributed by atoms with Gasteiger partial charge in [0.15, 0.2) is 0 Å². The summed E-state index contributed by atoms with van der Waals surface area (Å²) in [7, 11) is 3.99. The minimum Gasteiger partial charge on any atom is -0.385 e. The van der Waals surface area contributed by atoms with E-state index in [0.717, 1.165) is 11.1 Å². The number of carbonyl (C=O) groups is 1. The van der Waals surface area contributed by atoms with Crippen LogP contribution in [0.3, 0.4) is 0 Å². The number of aryl methyl sites for hydroxylation is 1. The van der Waals surface area contributed by atoms with Gasteiger partial charge in [-0.1, -0.05) is 60.2 Å². The van der Waals surface area contributed by atoms with Crippen LogP contribution in [0.4, 0.5) is 0 Å². The van der Waals surface area contributed by atoms with Crippen LogP contribution in [0.2, 0.25) is 0 Å². The predicted molar refractivity (Wildman–Crippen MR) is 101 cm³/mol. The van der Waals surface area contributed by atoms with E-state index in [1.165, 1.54) is 5.56 Å². The van der Waals surface area contributed by atoms with Crippen LogP contribution in [0.25, 0.3) is 0 Å². The summed E-state index contributed by atoms with van der Waals surface area (Å²) in [6, 6.07) is 17.7. The van der Waals surface area contributed by atoms with Gasteiger partial charge in [0.1, 0.15) is 0 Å². The number of aliphatic hydroxyl groups is 1. The molecule has 2 unspecified atom stereocenters. The zero-order chi connectivity index (χ0) is 18.4. The van der Waals surface area contributed by atoms with E-state index < -0.39 is 5.60 Å². The Hall–Kier alpha value is -2.17. The van der Waals surface area contributed by atoms with Gasteiger partial charge in [0.05, 0.1) is 18.1 Å². The molecule has 2 aromatic rings. The summed E-state index contributed by atoms with van der Waals surface area (Å²) in [6.07, 6.45) is 0.0328. The van der Waals surface area contributed by atoms with Crippen molar-refractivity contribution in [2.75, 3.05) is 20.6 Å². The van der Waals surface area contributed by atoms with Gasteiger partial charge in [0.2, 0.25) is 5.91 Å². The number of carbonyl (C=O) groups excluding carboxylic acids is 1. The van der Waals surface area contributed by atoms with Gasteiger partial charge in [0.25, 0.3) is 0 Å². The van der Waals surface area contributed by atoms with E-state index in [4.69, 9.17) is 0 Å². The second-order valence-electron chi connectivity index (χ2n) is 7.01. The standard InChI is InChI=1S/C21H28N2O2/c1-16-10-12-17(13-11-16)19(23(3)4)15-22-20(24)14-21(2,25)18-8-6-5-7-9-18/h5-13,19,25H,14-15H2,1-4H3,(H,22,24). The quantitative estimate of drug-likeness (QED) is 0.815. The van der Waals surface area contributed by atoms with Gasteiger partial charge in [-0.2, -0.15) is 0 Å². The number of nitrogens with zero attached hydrogens (tertiary/aromatic N) is 1. The normalized spacial score (nSPS) is 14.8. The molecule has 0 aliphatic rings. The second kappa shape index (κ2) is 8.28. The Bertz CT molecular complexity index is 679. The number of benzene rings is 2. The van der Waals surface area contributed by atoms with Crippen molar-refractivity contribution in [2.24, 2.45) is 0 Å². The molecular weight excluding hydrogens is 312 g/mol. The van der Waals surface area contributed by atoms with Crippen LogP contribution in [0.1, 0.15) is 36.1 Å². The Morgan fingerprint density at radius 2 is 1.72 bits per heavy atom. The molecule has 0 saturated carbocycles. The predicted octanol–water partition coefficient (Wildman–Crippen LogP) is 3.01. The first-order valence-electron chi connectivity index (χ1n) is 8.57. The highest BCUT2D eigenvalue weighted by atomic mass is 16.3. The SMILES string of the molecule is Cc1ccc(C(CNC(=O)CC(C)(O)c2ccccc2)N(C)C)cc1. The molecule has 2 rings (SSSR count). The summed E-state index contributed by atoms with van der Waals surface area (Å²) in [5.41, 5.74) is 1.94. The fraction of sp³-hybridized carbons (Fsp3) is 0.381. The molecule has 0 aliphatic carbocycles. The maximum Gasteiger partial charge on any atom is 0.223 e. The Morgan fingerprint density at radius 3 is 2.28 bits per heavy atom. The summed E-state index contributed by atoms with van der Waals surface area (Å²) < 4.78 is 0. The van der Waals surface area contributed by atoms with Crippen molar-refractivity contribution >= 4 is 5.91 Å². The van der Waals surface area contributed by atoms with Gasteiger partial charge in [-0.05, 0) is 39.1 Å². The van der Waals surface area contributed by atoms with Crippen LogP contribution < -0.4 is 5.32 Å². The third kappa shape index (κ3) is 5.41. The fourth-order valence-corrected chi connectivity index (χ4v) is 2.87. The zero-order valence-corrected chi connectivity index (χ0v) is 15.5. The Balaban J connectivity index is 1.98. The van der Waals surface area contributed by atoms with Crippen molar-refractivity contribution in [1.29, 1.82) is 0 Å². The van der Waals surface area contributed by atoms with Crippen molar-refractivity contribution in [1.82, 2.24) is 10.2 Å². The molecule has 0 fully saturated rings. The van der Waals surface area contributed by atoms with E-state index >= 15 is 0 Å². The molecule has 2 aromatic carbocycles. The largest absolute Gasteiger partial charge is 0.385 e. The van der Waals surface area contributed by atoms with Crippen LogP contribution >= 0.6 is 0 Å². The number of hydrogen-bond donors (Lipinski definition) is 2. The highest BCUT2D eigenvalue weighted by Crippen LogP contribution is 2.24. The molecule has 2 N–H and O–H groups in total. The lowest BCUT2D eigenvalue weighted by Gasteiger charge is -2.27. The molecular formula is C21H28N2O2.